The average Bonchev–Trinajstić information content (AvgIpc) is 2.37. The summed E-state index contributed by atoms with van der Waals surface area (Å²) in [5, 5.41) is 3.69. The average molecular weight is 296 g/mol. The smallest absolute Gasteiger partial charge is 0.0208 e. The molecule has 2 heteroatoms. The molecule has 2 rings (SSSR count). The van der Waals surface area contributed by atoms with Crippen LogP contribution < -0.4 is 5.32 Å². The Balaban J connectivity index is 1.76. The molecule has 0 spiro atoms. The van der Waals surface area contributed by atoms with Crippen LogP contribution in [0.25, 0.3) is 0 Å². The van der Waals surface area contributed by atoms with Gasteiger partial charge in [0, 0.05) is 17.1 Å². The van der Waals surface area contributed by atoms with Gasteiger partial charge in [-0.15, -0.1) is 0 Å². The first-order chi connectivity index (χ1) is 8.28. The summed E-state index contributed by atoms with van der Waals surface area (Å²) in [6.45, 7) is 3.32. The molecule has 1 aromatic carbocycles. The predicted octanol–water partition coefficient (Wildman–Crippen LogP) is 4.51. The van der Waals surface area contributed by atoms with Gasteiger partial charge in [-0.3, -0.25) is 0 Å². The van der Waals surface area contributed by atoms with Crippen LogP contribution in [-0.2, 0) is 6.54 Å². The highest BCUT2D eigenvalue weighted by molar-refractivity contribution is 9.10. The van der Waals surface area contributed by atoms with E-state index in [4.69, 9.17) is 0 Å². The van der Waals surface area contributed by atoms with Crippen molar-refractivity contribution in [1.29, 1.82) is 0 Å². The standard InChI is InChI=1S/C15H22BrN/c1-2-12-6-8-15(9-7-12)17-11-13-4-3-5-14(16)10-13/h3-5,10,12,15,17H,2,6-9,11H2,1H3. The molecule has 17 heavy (non-hydrogen) atoms. The zero-order valence-corrected chi connectivity index (χ0v) is 12.2. The number of benzene rings is 1. The highest BCUT2D eigenvalue weighted by atomic mass is 79.9. The van der Waals surface area contributed by atoms with Crippen molar-refractivity contribution in [3.63, 3.8) is 0 Å². The van der Waals surface area contributed by atoms with E-state index < -0.39 is 0 Å². The Morgan fingerprint density at radius 3 is 2.65 bits per heavy atom. The second kappa shape index (κ2) is 6.55. The molecule has 0 amide bonds. The molecule has 0 atom stereocenters. The van der Waals surface area contributed by atoms with Crippen LogP contribution in [0.1, 0.15) is 44.6 Å². The Hall–Kier alpha value is -0.340. The summed E-state index contributed by atoms with van der Waals surface area (Å²) in [4.78, 5) is 0. The van der Waals surface area contributed by atoms with Gasteiger partial charge in [-0.1, -0.05) is 41.4 Å². The molecule has 0 radical (unpaired) electrons. The number of rotatable bonds is 4. The van der Waals surface area contributed by atoms with Gasteiger partial charge in [0.2, 0.25) is 0 Å². The largest absolute Gasteiger partial charge is 0.310 e. The molecular weight excluding hydrogens is 274 g/mol. The predicted molar refractivity (Wildman–Crippen MR) is 77.0 cm³/mol. The third-order valence-corrected chi connectivity index (χ3v) is 4.40. The van der Waals surface area contributed by atoms with E-state index in [1.807, 2.05) is 0 Å². The lowest BCUT2D eigenvalue weighted by Crippen LogP contribution is -2.32. The molecule has 1 aliphatic rings. The summed E-state index contributed by atoms with van der Waals surface area (Å²) < 4.78 is 1.17. The molecule has 1 aromatic rings. The Bertz CT molecular complexity index is 343. The summed E-state index contributed by atoms with van der Waals surface area (Å²) >= 11 is 3.52. The Morgan fingerprint density at radius 2 is 2.00 bits per heavy atom. The minimum atomic E-state index is 0.733. The summed E-state index contributed by atoms with van der Waals surface area (Å²) in [6, 6.07) is 9.31. The maximum absolute atomic E-state index is 3.69. The Labute approximate surface area is 113 Å². The third-order valence-electron chi connectivity index (χ3n) is 3.91. The van der Waals surface area contributed by atoms with E-state index in [9.17, 15) is 0 Å². The van der Waals surface area contributed by atoms with Crippen molar-refractivity contribution in [3.8, 4) is 0 Å². The summed E-state index contributed by atoms with van der Waals surface area (Å²) in [5.74, 6) is 0.985. The first kappa shape index (κ1) is 13.1. The van der Waals surface area contributed by atoms with E-state index in [2.05, 4.69) is 52.4 Å². The van der Waals surface area contributed by atoms with E-state index in [1.54, 1.807) is 0 Å². The van der Waals surface area contributed by atoms with Gasteiger partial charge < -0.3 is 5.32 Å². The Kier molecular flexibility index (Phi) is 5.05. The Morgan fingerprint density at radius 1 is 1.24 bits per heavy atom. The fourth-order valence-corrected chi connectivity index (χ4v) is 3.13. The van der Waals surface area contributed by atoms with Crippen LogP contribution in [-0.4, -0.2) is 6.04 Å². The summed E-state index contributed by atoms with van der Waals surface area (Å²) in [5.41, 5.74) is 1.37. The van der Waals surface area contributed by atoms with E-state index in [0.717, 1.165) is 18.5 Å². The second-order valence-corrected chi connectivity index (χ2v) is 6.05. The maximum atomic E-state index is 3.69. The molecule has 1 N–H and O–H groups in total. The van der Waals surface area contributed by atoms with Gasteiger partial charge >= 0.3 is 0 Å². The molecule has 1 aliphatic carbocycles. The summed E-state index contributed by atoms with van der Waals surface area (Å²) in [7, 11) is 0. The van der Waals surface area contributed by atoms with Crippen molar-refractivity contribution in [2.45, 2.75) is 51.6 Å². The molecule has 0 heterocycles. The molecule has 0 bridgehead atoms. The topological polar surface area (TPSA) is 12.0 Å². The van der Waals surface area contributed by atoms with Gasteiger partial charge in [0.15, 0.2) is 0 Å². The fraction of sp³-hybridized carbons (Fsp3) is 0.600. The van der Waals surface area contributed by atoms with Gasteiger partial charge in [0.25, 0.3) is 0 Å². The highest BCUT2D eigenvalue weighted by Gasteiger charge is 2.19. The molecule has 94 valence electrons. The fourth-order valence-electron chi connectivity index (χ4n) is 2.68. The molecule has 0 saturated heterocycles. The quantitative estimate of drug-likeness (QED) is 0.862. The number of halogens is 1. The lowest BCUT2D eigenvalue weighted by atomic mass is 9.84. The van der Waals surface area contributed by atoms with Crippen LogP contribution in [0.5, 0.6) is 0 Å². The van der Waals surface area contributed by atoms with Crippen LogP contribution >= 0.6 is 15.9 Å². The number of hydrogen-bond donors (Lipinski definition) is 1. The van der Waals surface area contributed by atoms with Gasteiger partial charge in [0.1, 0.15) is 0 Å². The van der Waals surface area contributed by atoms with Crippen LogP contribution in [0, 0.1) is 5.92 Å². The van der Waals surface area contributed by atoms with Crippen LogP contribution in [0.2, 0.25) is 0 Å². The zero-order valence-electron chi connectivity index (χ0n) is 10.6. The molecule has 1 saturated carbocycles. The van der Waals surface area contributed by atoms with Crippen molar-refractivity contribution in [1.82, 2.24) is 5.32 Å². The molecular formula is C15H22BrN. The molecule has 0 unspecified atom stereocenters. The molecule has 0 aliphatic heterocycles. The first-order valence-electron chi connectivity index (χ1n) is 6.75. The van der Waals surface area contributed by atoms with E-state index in [0.29, 0.717) is 0 Å². The summed E-state index contributed by atoms with van der Waals surface area (Å²) in [6.07, 6.45) is 6.89. The highest BCUT2D eigenvalue weighted by Crippen LogP contribution is 2.26. The van der Waals surface area contributed by atoms with Crippen molar-refractivity contribution >= 4 is 15.9 Å². The lowest BCUT2D eigenvalue weighted by Gasteiger charge is -2.28. The maximum Gasteiger partial charge on any atom is 0.0208 e. The van der Waals surface area contributed by atoms with Crippen molar-refractivity contribution in [2.75, 3.05) is 0 Å². The van der Waals surface area contributed by atoms with E-state index >= 15 is 0 Å². The normalized spacial score (nSPS) is 24.8. The van der Waals surface area contributed by atoms with Crippen LogP contribution in [0.4, 0.5) is 0 Å². The van der Waals surface area contributed by atoms with E-state index in [-0.39, 0.29) is 0 Å². The van der Waals surface area contributed by atoms with Gasteiger partial charge in [0.05, 0.1) is 0 Å². The van der Waals surface area contributed by atoms with Crippen molar-refractivity contribution in [2.24, 2.45) is 5.92 Å². The lowest BCUT2D eigenvalue weighted by molar-refractivity contribution is 0.285. The molecule has 0 aromatic heterocycles. The van der Waals surface area contributed by atoms with Gasteiger partial charge in [-0.2, -0.15) is 0 Å². The van der Waals surface area contributed by atoms with Crippen LogP contribution in [0.15, 0.2) is 28.7 Å². The second-order valence-electron chi connectivity index (χ2n) is 5.14. The van der Waals surface area contributed by atoms with Gasteiger partial charge in [-0.05, 0) is 49.3 Å². The van der Waals surface area contributed by atoms with E-state index in [1.165, 1.54) is 42.1 Å². The zero-order chi connectivity index (χ0) is 12.1. The molecule has 1 fully saturated rings. The SMILES string of the molecule is CCC1CCC(NCc2cccc(Br)c2)CC1. The minimum Gasteiger partial charge on any atom is -0.310 e. The number of nitrogens with one attached hydrogen (secondary N) is 1. The molecule has 1 nitrogen and oxygen atoms in total. The minimum absolute atomic E-state index is 0.733. The van der Waals surface area contributed by atoms with Crippen molar-refractivity contribution < 1.29 is 0 Å². The van der Waals surface area contributed by atoms with Gasteiger partial charge in [-0.25, -0.2) is 0 Å². The van der Waals surface area contributed by atoms with Crippen LogP contribution in [0.3, 0.4) is 0 Å². The number of hydrogen-bond acceptors (Lipinski definition) is 1. The first-order valence-corrected chi connectivity index (χ1v) is 7.55. The van der Waals surface area contributed by atoms with Crippen molar-refractivity contribution in [3.05, 3.63) is 34.3 Å². The monoisotopic (exact) mass is 295 g/mol. The third kappa shape index (κ3) is 4.11.